The van der Waals surface area contributed by atoms with Gasteiger partial charge in [0.2, 0.25) is 11.8 Å². The number of carbonyl (C=O) groups excluding carboxylic acids is 2. The van der Waals surface area contributed by atoms with Gasteiger partial charge in [-0.3, -0.25) is 14.6 Å². The number of rotatable bonds is 4. The number of hydrogen-bond donors (Lipinski definition) is 1. The van der Waals surface area contributed by atoms with Gasteiger partial charge in [0, 0.05) is 24.2 Å². The van der Waals surface area contributed by atoms with Crippen LogP contribution in [0.15, 0.2) is 36.5 Å². The lowest BCUT2D eigenvalue weighted by Gasteiger charge is -2.35. The average molecular weight is 351 g/mol. The SMILES string of the molecule is CCC1CCCCN1C(=O)C1CC1C(=O)Nc1cccc2cccnc12. The lowest BCUT2D eigenvalue weighted by molar-refractivity contribution is -0.137. The summed E-state index contributed by atoms with van der Waals surface area (Å²) in [4.78, 5) is 31.9. The molecule has 1 aromatic carbocycles. The van der Waals surface area contributed by atoms with Crippen LogP contribution in [0, 0.1) is 11.8 Å². The Kier molecular flexibility index (Phi) is 4.62. The van der Waals surface area contributed by atoms with Crippen LogP contribution in [0.4, 0.5) is 5.69 Å². The van der Waals surface area contributed by atoms with E-state index >= 15 is 0 Å². The Labute approximate surface area is 153 Å². The maximum absolute atomic E-state index is 12.8. The number of carbonyl (C=O) groups is 2. The number of benzene rings is 1. The van der Waals surface area contributed by atoms with E-state index in [1.165, 1.54) is 6.42 Å². The van der Waals surface area contributed by atoms with Crippen molar-refractivity contribution in [2.45, 2.75) is 45.1 Å². The first-order chi connectivity index (χ1) is 12.7. The van der Waals surface area contributed by atoms with E-state index in [1.807, 2.05) is 35.2 Å². The Morgan fingerprint density at radius 3 is 2.88 bits per heavy atom. The molecule has 1 aliphatic heterocycles. The number of pyridine rings is 1. The molecule has 1 aliphatic carbocycles. The maximum Gasteiger partial charge on any atom is 0.228 e. The van der Waals surface area contributed by atoms with E-state index in [4.69, 9.17) is 0 Å². The van der Waals surface area contributed by atoms with Gasteiger partial charge in [0.25, 0.3) is 0 Å². The summed E-state index contributed by atoms with van der Waals surface area (Å²) < 4.78 is 0. The van der Waals surface area contributed by atoms with Crippen molar-refractivity contribution in [3.8, 4) is 0 Å². The quantitative estimate of drug-likeness (QED) is 0.915. The highest BCUT2D eigenvalue weighted by Crippen LogP contribution is 2.42. The molecule has 2 heterocycles. The van der Waals surface area contributed by atoms with E-state index < -0.39 is 0 Å². The first-order valence-corrected chi connectivity index (χ1v) is 9.64. The summed E-state index contributed by atoms with van der Waals surface area (Å²) in [5.74, 6) is -0.245. The number of aromatic nitrogens is 1. The largest absolute Gasteiger partial charge is 0.339 e. The summed E-state index contributed by atoms with van der Waals surface area (Å²) in [6.45, 7) is 2.98. The molecule has 1 aromatic heterocycles. The molecule has 3 atom stereocenters. The molecule has 0 radical (unpaired) electrons. The molecule has 4 rings (SSSR count). The average Bonchev–Trinajstić information content (AvgIpc) is 3.49. The van der Waals surface area contributed by atoms with E-state index in [0.29, 0.717) is 12.5 Å². The van der Waals surface area contributed by atoms with Crippen LogP contribution in [-0.4, -0.2) is 34.3 Å². The highest BCUT2D eigenvalue weighted by Gasteiger charge is 2.50. The zero-order chi connectivity index (χ0) is 18.1. The minimum Gasteiger partial charge on any atom is -0.339 e. The van der Waals surface area contributed by atoms with Crippen LogP contribution in [0.2, 0.25) is 0 Å². The third-order valence-electron chi connectivity index (χ3n) is 5.72. The molecule has 26 heavy (non-hydrogen) atoms. The number of likely N-dealkylation sites (tertiary alicyclic amines) is 1. The summed E-state index contributed by atoms with van der Waals surface area (Å²) >= 11 is 0. The number of nitrogens with one attached hydrogen (secondary N) is 1. The van der Waals surface area contributed by atoms with Crippen LogP contribution in [0.1, 0.15) is 39.0 Å². The Hall–Kier alpha value is -2.43. The van der Waals surface area contributed by atoms with Gasteiger partial charge in [-0.1, -0.05) is 25.1 Å². The second-order valence-corrected chi connectivity index (χ2v) is 7.41. The number of para-hydroxylation sites is 1. The van der Waals surface area contributed by atoms with Gasteiger partial charge < -0.3 is 10.2 Å². The van der Waals surface area contributed by atoms with Crippen molar-refractivity contribution in [2.24, 2.45) is 11.8 Å². The van der Waals surface area contributed by atoms with Crippen molar-refractivity contribution in [3.63, 3.8) is 0 Å². The fraction of sp³-hybridized carbons (Fsp3) is 0.476. The Morgan fingerprint density at radius 2 is 2.04 bits per heavy atom. The summed E-state index contributed by atoms with van der Waals surface area (Å²) in [6.07, 6.45) is 6.75. The first kappa shape index (κ1) is 17.0. The van der Waals surface area contributed by atoms with Crippen LogP contribution in [0.5, 0.6) is 0 Å². The molecule has 5 nitrogen and oxygen atoms in total. The predicted octanol–water partition coefficient (Wildman–Crippen LogP) is 3.60. The van der Waals surface area contributed by atoms with Gasteiger partial charge in [-0.15, -0.1) is 0 Å². The highest BCUT2D eigenvalue weighted by atomic mass is 16.2. The van der Waals surface area contributed by atoms with E-state index in [1.54, 1.807) is 6.20 Å². The van der Waals surface area contributed by atoms with Crippen LogP contribution in [0.3, 0.4) is 0 Å². The second-order valence-electron chi connectivity index (χ2n) is 7.41. The summed E-state index contributed by atoms with van der Waals surface area (Å²) in [5, 5.41) is 3.98. The monoisotopic (exact) mass is 351 g/mol. The molecule has 3 unspecified atom stereocenters. The van der Waals surface area contributed by atoms with Crippen LogP contribution in [0.25, 0.3) is 10.9 Å². The van der Waals surface area contributed by atoms with Gasteiger partial charge in [0.15, 0.2) is 0 Å². The molecular weight excluding hydrogens is 326 g/mol. The minimum atomic E-state index is -0.207. The van der Waals surface area contributed by atoms with Crippen molar-refractivity contribution < 1.29 is 9.59 Å². The Bertz CT molecular complexity index is 830. The number of amides is 2. The molecule has 136 valence electrons. The smallest absolute Gasteiger partial charge is 0.228 e. The molecule has 1 saturated carbocycles. The molecule has 2 fully saturated rings. The lowest BCUT2D eigenvalue weighted by atomic mass is 9.99. The topological polar surface area (TPSA) is 62.3 Å². The molecule has 5 heteroatoms. The number of fused-ring (bicyclic) bond motifs is 1. The molecule has 1 N–H and O–H groups in total. The third-order valence-corrected chi connectivity index (χ3v) is 5.72. The van der Waals surface area contributed by atoms with Gasteiger partial charge in [-0.2, -0.15) is 0 Å². The zero-order valence-corrected chi connectivity index (χ0v) is 15.1. The number of hydrogen-bond acceptors (Lipinski definition) is 3. The summed E-state index contributed by atoms with van der Waals surface area (Å²) in [7, 11) is 0. The normalized spacial score (nSPS) is 25.1. The maximum atomic E-state index is 12.8. The number of nitrogens with zero attached hydrogens (tertiary/aromatic N) is 2. The Morgan fingerprint density at radius 1 is 1.19 bits per heavy atom. The molecule has 2 aliphatic rings. The fourth-order valence-corrected chi connectivity index (χ4v) is 4.12. The molecular formula is C21H25N3O2. The molecule has 0 spiro atoms. The third kappa shape index (κ3) is 3.18. The van der Waals surface area contributed by atoms with Crippen LogP contribution < -0.4 is 5.32 Å². The minimum absolute atomic E-state index is 0.0634. The number of anilines is 1. The van der Waals surface area contributed by atoms with Gasteiger partial charge in [0.1, 0.15) is 0 Å². The molecule has 0 bridgehead atoms. The van der Waals surface area contributed by atoms with Gasteiger partial charge in [-0.05, 0) is 44.2 Å². The first-order valence-electron chi connectivity index (χ1n) is 9.64. The highest BCUT2D eigenvalue weighted by molar-refractivity contribution is 6.04. The van der Waals surface area contributed by atoms with Crippen molar-refractivity contribution >= 4 is 28.4 Å². The summed E-state index contributed by atoms with van der Waals surface area (Å²) in [5.41, 5.74) is 1.50. The van der Waals surface area contributed by atoms with Crippen molar-refractivity contribution in [1.29, 1.82) is 0 Å². The van der Waals surface area contributed by atoms with Crippen LogP contribution >= 0.6 is 0 Å². The molecule has 2 amide bonds. The van der Waals surface area contributed by atoms with Crippen molar-refractivity contribution in [3.05, 3.63) is 36.5 Å². The van der Waals surface area contributed by atoms with Gasteiger partial charge in [-0.25, -0.2) is 0 Å². The molecule has 1 saturated heterocycles. The van der Waals surface area contributed by atoms with Crippen LogP contribution in [-0.2, 0) is 9.59 Å². The fourth-order valence-electron chi connectivity index (χ4n) is 4.12. The zero-order valence-electron chi connectivity index (χ0n) is 15.1. The lowest BCUT2D eigenvalue weighted by Crippen LogP contribution is -2.44. The van der Waals surface area contributed by atoms with Crippen molar-refractivity contribution in [1.82, 2.24) is 9.88 Å². The van der Waals surface area contributed by atoms with Gasteiger partial charge in [0.05, 0.1) is 23.0 Å². The van der Waals surface area contributed by atoms with Crippen molar-refractivity contribution in [2.75, 3.05) is 11.9 Å². The van der Waals surface area contributed by atoms with E-state index in [9.17, 15) is 9.59 Å². The second kappa shape index (κ2) is 7.06. The molecule has 2 aromatic rings. The summed E-state index contributed by atoms with van der Waals surface area (Å²) in [6, 6.07) is 9.96. The van der Waals surface area contributed by atoms with Gasteiger partial charge >= 0.3 is 0 Å². The van der Waals surface area contributed by atoms with E-state index in [-0.39, 0.29) is 23.7 Å². The Balaban J connectivity index is 1.43. The predicted molar refractivity (Wildman–Crippen MR) is 102 cm³/mol. The standard InChI is InChI=1S/C21H25N3O2/c1-2-15-9-3-4-12-24(15)21(26)17-13-16(17)20(25)23-18-10-5-7-14-8-6-11-22-19(14)18/h5-8,10-11,15-17H,2-4,9,12-13H2,1H3,(H,23,25). The number of piperidine rings is 1. The van der Waals surface area contributed by atoms with E-state index in [2.05, 4.69) is 17.2 Å². The van der Waals surface area contributed by atoms with E-state index in [0.717, 1.165) is 42.4 Å².